The lowest BCUT2D eigenvalue weighted by Crippen LogP contribution is -2.09. The lowest BCUT2D eigenvalue weighted by molar-refractivity contribution is 0.399. The van der Waals surface area contributed by atoms with Crippen molar-refractivity contribution in [3.05, 3.63) is 16.5 Å². The fraction of sp³-hybridized carbons (Fsp3) is 0.143. The number of halogens is 4. The molecule has 90 valence electrons. The summed E-state index contributed by atoms with van der Waals surface area (Å²) in [4.78, 5) is -0.566. The third-order valence-electron chi connectivity index (χ3n) is 1.64. The van der Waals surface area contributed by atoms with Crippen LogP contribution in [0.1, 0.15) is 0 Å². The predicted octanol–water partition coefficient (Wildman–Crippen LogP) is 2.55. The van der Waals surface area contributed by atoms with Crippen molar-refractivity contribution in [1.82, 2.24) is 0 Å². The van der Waals surface area contributed by atoms with E-state index in [1.165, 1.54) is 29.7 Å². The molecule has 4 nitrogen and oxygen atoms in total. The molecule has 0 bridgehead atoms. The van der Waals surface area contributed by atoms with Crippen LogP contribution in [0.25, 0.3) is 0 Å². The Labute approximate surface area is 132 Å². The van der Waals surface area contributed by atoms with Crippen molar-refractivity contribution in [2.75, 3.05) is 7.11 Å². The van der Waals surface area contributed by atoms with Gasteiger partial charge in [-0.2, -0.15) is 0 Å². The van der Waals surface area contributed by atoms with Gasteiger partial charge in [0, 0.05) is 0 Å². The highest BCUT2D eigenvalue weighted by atomic mass is 127. The highest BCUT2D eigenvalue weighted by Crippen LogP contribution is 2.37. The Bertz CT molecular complexity index is 543. The van der Waals surface area contributed by atoms with Crippen molar-refractivity contribution < 1.29 is 22.1 Å². The first-order chi connectivity index (χ1) is 7.21. The number of ether oxygens (including phenoxy) is 1. The molecule has 0 unspecified atom stereocenters. The first-order valence-electron chi connectivity index (χ1n) is 3.57. The molecule has 0 radical (unpaired) electrons. The second kappa shape index (κ2) is 5.36. The smallest absolute Gasteiger partial charge is 0.154 e. The van der Waals surface area contributed by atoms with Gasteiger partial charge in [0.1, 0.15) is 15.9 Å². The van der Waals surface area contributed by atoms with E-state index in [1.54, 1.807) is 45.2 Å². The van der Waals surface area contributed by atoms with E-state index in [2.05, 4.69) is 0 Å². The van der Waals surface area contributed by atoms with E-state index >= 15 is 0 Å². The molecule has 0 fully saturated rings. The molecule has 0 aliphatic rings. The first-order valence-corrected chi connectivity index (χ1v) is 8.22. The molecular weight excluding hydrogens is 580 g/mol. The van der Waals surface area contributed by atoms with Crippen LogP contribution < -0.4 is 4.74 Å². The summed E-state index contributed by atoms with van der Waals surface area (Å²) in [6.07, 6.45) is 0. The standard InChI is InChI=1S/C7H4FI3O4S/c1-15-6-3(9)2(8)4(10)7(5(6)11)16(12,13)14/h1H3,(H,12,13,14)/p-1. The van der Waals surface area contributed by atoms with Gasteiger partial charge >= 0.3 is 0 Å². The Morgan fingerprint density at radius 1 is 1.19 bits per heavy atom. The second-order valence-corrected chi connectivity index (χ2v) is 7.13. The van der Waals surface area contributed by atoms with Gasteiger partial charge in [-0.15, -0.1) is 0 Å². The van der Waals surface area contributed by atoms with Crippen molar-refractivity contribution in [3.8, 4) is 5.75 Å². The molecule has 1 aromatic carbocycles. The Morgan fingerprint density at radius 3 is 2.06 bits per heavy atom. The Morgan fingerprint density at radius 2 is 1.69 bits per heavy atom. The normalized spacial score (nSPS) is 11.6. The van der Waals surface area contributed by atoms with Gasteiger partial charge in [-0.1, -0.05) is 0 Å². The molecule has 0 heterocycles. The summed E-state index contributed by atoms with van der Waals surface area (Å²) in [5, 5.41) is 0. The highest BCUT2D eigenvalue weighted by Gasteiger charge is 2.24. The summed E-state index contributed by atoms with van der Waals surface area (Å²) < 4.78 is 51.6. The summed E-state index contributed by atoms with van der Waals surface area (Å²) in [6, 6.07) is 0. The second-order valence-electron chi connectivity index (χ2n) is 2.57. The third-order valence-corrected chi connectivity index (χ3v) is 6.28. The summed E-state index contributed by atoms with van der Waals surface area (Å²) in [7, 11) is -3.44. The van der Waals surface area contributed by atoms with Gasteiger partial charge in [0.15, 0.2) is 5.82 Å². The highest BCUT2D eigenvalue weighted by molar-refractivity contribution is 14.1. The molecule has 0 amide bonds. The fourth-order valence-electron chi connectivity index (χ4n) is 0.990. The van der Waals surface area contributed by atoms with E-state index < -0.39 is 20.8 Å². The Kier molecular flexibility index (Phi) is 5.06. The summed E-state index contributed by atoms with van der Waals surface area (Å²) in [5.41, 5.74) is 0. The molecule has 0 N–H and O–H groups in total. The zero-order chi connectivity index (χ0) is 12.7. The van der Waals surface area contributed by atoms with Gasteiger partial charge in [-0.3, -0.25) is 0 Å². The largest absolute Gasteiger partial charge is 0.744 e. The molecule has 0 spiro atoms. The van der Waals surface area contributed by atoms with Crippen LogP contribution in [0, 0.1) is 16.5 Å². The van der Waals surface area contributed by atoms with E-state index in [9.17, 15) is 17.4 Å². The van der Waals surface area contributed by atoms with E-state index in [1.807, 2.05) is 0 Å². The Hall–Kier alpha value is 1.05. The van der Waals surface area contributed by atoms with E-state index in [4.69, 9.17) is 4.74 Å². The van der Waals surface area contributed by atoms with Gasteiger partial charge in [0.25, 0.3) is 0 Å². The third kappa shape index (κ3) is 2.72. The van der Waals surface area contributed by atoms with Gasteiger partial charge < -0.3 is 9.29 Å². The monoisotopic (exact) mass is 583 g/mol. The van der Waals surface area contributed by atoms with Crippen LogP contribution in [-0.2, 0) is 10.1 Å². The maximum atomic E-state index is 13.6. The van der Waals surface area contributed by atoms with Gasteiger partial charge in [-0.25, -0.2) is 12.8 Å². The lowest BCUT2D eigenvalue weighted by Gasteiger charge is -2.16. The van der Waals surface area contributed by atoms with Gasteiger partial charge in [-0.05, 0) is 67.8 Å². The summed E-state index contributed by atoms with van der Waals surface area (Å²) in [5.74, 6) is -0.693. The number of benzene rings is 1. The molecular formula is C7H3FI3O4S-. The molecule has 0 aromatic heterocycles. The SMILES string of the molecule is COc1c(I)c(F)c(I)c(S(=O)(=O)[O-])c1I. The quantitative estimate of drug-likeness (QED) is 0.233. The molecule has 9 heteroatoms. The van der Waals surface area contributed by atoms with Crippen LogP contribution in [-0.4, -0.2) is 20.1 Å². The number of methoxy groups -OCH3 is 1. The molecule has 0 saturated heterocycles. The summed E-state index contributed by atoms with van der Waals surface area (Å²) in [6.45, 7) is 0. The topological polar surface area (TPSA) is 66.4 Å². The molecule has 0 aliphatic heterocycles. The van der Waals surface area contributed by atoms with Crippen molar-refractivity contribution >= 4 is 77.9 Å². The zero-order valence-corrected chi connectivity index (χ0v) is 14.8. The van der Waals surface area contributed by atoms with Crippen LogP contribution in [0.2, 0.25) is 0 Å². The van der Waals surface area contributed by atoms with Crippen LogP contribution in [0.5, 0.6) is 5.75 Å². The van der Waals surface area contributed by atoms with Crippen molar-refractivity contribution in [1.29, 1.82) is 0 Å². The van der Waals surface area contributed by atoms with Crippen LogP contribution >= 0.6 is 67.8 Å². The first kappa shape index (κ1) is 15.1. The van der Waals surface area contributed by atoms with E-state index in [0.717, 1.165) is 0 Å². The predicted molar refractivity (Wildman–Crippen MR) is 79.1 cm³/mol. The van der Waals surface area contributed by atoms with Crippen molar-refractivity contribution in [3.63, 3.8) is 0 Å². The van der Waals surface area contributed by atoms with Gasteiger partial charge in [0.2, 0.25) is 0 Å². The molecule has 0 saturated carbocycles. The molecule has 0 atom stereocenters. The minimum absolute atomic E-state index is 0.0635. The minimum Gasteiger partial charge on any atom is -0.744 e. The Balaban J connectivity index is 3.84. The maximum absolute atomic E-state index is 13.6. The van der Waals surface area contributed by atoms with Crippen molar-refractivity contribution in [2.24, 2.45) is 0 Å². The zero-order valence-electron chi connectivity index (χ0n) is 7.55. The van der Waals surface area contributed by atoms with Gasteiger partial charge in [0.05, 0.1) is 22.7 Å². The number of hydrogen-bond acceptors (Lipinski definition) is 4. The van der Waals surface area contributed by atoms with E-state index in [-0.39, 0.29) is 16.5 Å². The average molecular weight is 583 g/mol. The maximum Gasteiger partial charge on any atom is 0.154 e. The molecule has 1 rings (SSSR count). The van der Waals surface area contributed by atoms with E-state index in [0.29, 0.717) is 0 Å². The number of rotatable bonds is 2. The number of hydrogen-bond donors (Lipinski definition) is 0. The lowest BCUT2D eigenvalue weighted by atomic mass is 10.3. The van der Waals surface area contributed by atoms with Crippen molar-refractivity contribution in [2.45, 2.75) is 4.90 Å². The molecule has 1 aromatic rings. The molecule has 16 heavy (non-hydrogen) atoms. The molecule has 0 aliphatic carbocycles. The van der Waals surface area contributed by atoms with Crippen LogP contribution in [0.3, 0.4) is 0 Å². The minimum atomic E-state index is -4.72. The average Bonchev–Trinajstić information content (AvgIpc) is 2.13. The van der Waals surface area contributed by atoms with Crippen LogP contribution in [0.4, 0.5) is 4.39 Å². The summed E-state index contributed by atoms with van der Waals surface area (Å²) >= 11 is 4.84. The fourth-order valence-corrected chi connectivity index (χ4v) is 6.84. The van der Waals surface area contributed by atoms with Crippen LogP contribution in [0.15, 0.2) is 4.90 Å².